The second-order valence-electron chi connectivity index (χ2n) is 7.21. The van der Waals surface area contributed by atoms with E-state index < -0.39 is 36.9 Å². The van der Waals surface area contributed by atoms with E-state index in [0.29, 0.717) is 11.5 Å². The Morgan fingerprint density at radius 2 is 1.77 bits per heavy atom. The highest BCUT2D eigenvalue weighted by Gasteiger charge is 2.50. The normalized spacial score (nSPS) is 30.8. The van der Waals surface area contributed by atoms with Crippen LogP contribution < -0.4 is 14.8 Å². The average Bonchev–Trinajstić information content (AvgIpc) is 2.77. The number of amides is 1. The number of para-hydroxylation sites is 2. The van der Waals surface area contributed by atoms with Crippen LogP contribution in [0, 0.1) is 0 Å². The number of hydrogen-bond donors (Lipinski definition) is 2. The predicted molar refractivity (Wildman–Crippen MR) is 106 cm³/mol. The topological polar surface area (TPSA) is 95.5 Å². The number of aliphatic hydroxyl groups excluding tert-OH is 1. The molecule has 0 radical (unpaired) electrons. The molecule has 30 heavy (non-hydrogen) atoms. The lowest BCUT2D eigenvalue weighted by Crippen LogP contribution is -2.67. The van der Waals surface area contributed by atoms with Crippen LogP contribution in [0.4, 0.5) is 0 Å². The van der Waals surface area contributed by atoms with Gasteiger partial charge in [0.25, 0.3) is 0 Å². The fourth-order valence-corrected chi connectivity index (χ4v) is 3.70. The lowest BCUT2D eigenvalue weighted by molar-refractivity contribution is -0.333. The first-order valence-electron chi connectivity index (χ1n) is 9.79. The Balaban J connectivity index is 1.55. The van der Waals surface area contributed by atoms with Gasteiger partial charge in [0.2, 0.25) is 12.2 Å². The number of nitrogens with one attached hydrogen (secondary N) is 1. The lowest BCUT2D eigenvalue weighted by Gasteiger charge is -2.47. The second kappa shape index (κ2) is 9.01. The van der Waals surface area contributed by atoms with E-state index in [0.717, 1.165) is 5.56 Å². The summed E-state index contributed by atoms with van der Waals surface area (Å²) in [5.74, 6) is 0.631. The van der Waals surface area contributed by atoms with E-state index in [1.807, 2.05) is 36.4 Å². The number of hydrogen-bond acceptors (Lipinski definition) is 7. The summed E-state index contributed by atoms with van der Waals surface area (Å²) in [6.45, 7) is 1.58. The van der Waals surface area contributed by atoms with Crippen molar-refractivity contribution in [2.75, 3.05) is 13.7 Å². The molecule has 2 aromatic rings. The third-order valence-corrected chi connectivity index (χ3v) is 5.12. The Labute approximate surface area is 174 Å². The molecule has 8 nitrogen and oxygen atoms in total. The first-order valence-corrected chi connectivity index (χ1v) is 9.79. The van der Waals surface area contributed by atoms with Gasteiger partial charge in [-0.2, -0.15) is 0 Å². The highest BCUT2D eigenvalue weighted by molar-refractivity contribution is 5.73. The van der Waals surface area contributed by atoms with Gasteiger partial charge in [-0.05, 0) is 12.1 Å². The van der Waals surface area contributed by atoms with Crippen LogP contribution in [0.1, 0.15) is 18.8 Å². The van der Waals surface area contributed by atoms with Crippen LogP contribution in [-0.4, -0.2) is 55.4 Å². The maximum absolute atomic E-state index is 11.8. The van der Waals surface area contributed by atoms with Crippen molar-refractivity contribution < 1.29 is 33.6 Å². The zero-order valence-corrected chi connectivity index (χ0v) is 16.8. The highest BCUT2D eigenvalue weighted by atomic mass is 16.7. The molecule has 4 rings (SSSR count). The molecule has 0 aromatic heterocycles. The first-order chi connectivity index (χ1) is 14.6. The molecular weight excluding hydrogens is 390 g/mol. The van der Waals surface area contributed by atoms with Crippen molar-refractivity contribution in [3.8, 4) is 11.5 Å². The van der Waals surface area contributed by atoms with Crippen molar-refractivity contribution in [3.05, 3.63) is 60.2 Å². The molecule has 2 aromatic carbocycles. The van der Waals surface area contributed by atoms with Crippen LogP contribution in [0.5, 0.6) is 11.5 Å². The van der Waals surface area contributed by atoms with E-state index in [-0.39, 0.29) is 12.5 Å². The zero-order valence-electron chi connectivity index (χ0n) is 16.8. The minimum absolute atomic E-state index is 0.208. The Bertz CT molecular complexity index is 862. The van der Waals surface area contributed by atoms with Crippen LogP contribution in [0.3, 0.4) is 0 Å². The standard InChI is InChI=1S/C22H25NO7/c1-13(24)23-18-19(25)20-17(12-27-21(30-20)14-8-4-3-5-9-14)29-22(18)28-16-11-7-6-10-15(16)26-2/h3-11,17-22,25H,12H2,1-2H3,(H,23,24)/t17-,18-,19-,20+,21+,22+/m1/s1. The Kier molecular flexibility index (Phi) is 6.19. The molecule has 0 bridgehead atoms. The maximum atomic E-state index is 11.8. The molecule has 2 aliphatic heterocycles. The summed E-state index contributed by atoms with van der Waals surface area (Å²) in [6, 6.07) is 15.7. The number of methoxy groups -OCH3 is 1. The predicted octanol–water partition coefficient (Wildman–Crippen LogP) is 1.78. The Morgan fingerprint density at radius 1 is 1.07 bits per heavy atom. The fourth-order valence-electron chi connectivity index (χ4n) is 3.70. The summed E-state index contributed by atoms with van der Waals surface area (Å²) in [4.78, 5) is 11.8. The zero-order chi connectivity index (χ0) is 21.1. The third-order valence-electron chi connectivity index (χ3n) is 5.12. The Hall–Kier alpha value is -2.65. The van der Waals surface area contributed by atoms with Gasteiger partial charge in [0.15, 0.2) is 17.8 Å². The number of benzene rings is 2. The van der Waals surface area contributed by atoms with Gasteiger partial charge in [0.05, 0.1) is 13.7 Å². The van der Waals surface area contributed by atoms with Crippen molar-refractivity contribution in [1.29, 1.82) is 0 Å². The lowest BCUT2D eigenvalue weighted by atomic mass is 9.95. The van der Waals surface area contributed by atoms with Crippen LogP contribution in [0.2, 0.25) is 0 Å². The average molecular weight is 415 g/mol. The molecule has 2 aliphatic rings. The summed E-state index contributed by atoms with van der Waals surface area (Å²) >= 11 is 0. The van der Waals surface area contributed by atoms with Gasteiger partial charge in [-0.25, -0.2) is 0 Å². The smallest absolute Gasteiger partial charge is 0.223 e. The summed E-state index contributed by atoms with van der Waals surface area (Å²) < 4.78 is 29.2. The monoisotopic (exact) mass is 415 g/mol. The summed E-state index contributed by atoms with van der Waals surface area (Å²) in [5, 5.41) is 13.8. The van der Waals surface area contributed by atoms with E-state index in [9.17, 15) is 9.90 Å². The molecule has 2 heterocycles. The molecule has 0 unspecified atom stereocenters. The summed E-state index contributed by atoms with van der Waals surface area (Å²) in [6.07, 6.45) is -3.91. The molecule has 2 N–H and O–H groups in total. The molecular formula is C22H25NO7. The number of ether oxygens (including phenoxy) is 5. The molecule has 1 amide bonds. The van der Waals surface area contributed by atoms with Gasteiger partial charge >= 0.3 is 0 Å². The van der Waals surface area contributed by atoms with Crippen LogP contribution >= 0.6 is 0 Å². The van der Waals surface area contributed by atoms with Crippen molar-refractivity contribution in [3.63, 3.8) is 0 Å². The number of rotatable bonds is 5. The van der Waals surface area contributed by atoms with Crippen molar-refractivity contribution in [2.45, 2.75) is 43.9 Å². The first kappa shape index (κ1) is 20.6. The van der Waals surface area contributed by atoms with Gasteiger partial charge in [-0.3, -0.25) is 4.79 Å². The van der Waals surface area contributed by atoms with Gasteiger partial charge in [0, 0.05) is 12.5 Å². The third kappa shape index (κ3) is 4.27. The largest absolute Gasteiger partial charge is 0.493 e. The minimum Gasteiger partial charge on any atom is -0.493 e. The van der Waals surface area contributed by atoms with E-state index >= 15 is 0 Å². The minimum atomic E-state index is -1.07. The van der Waals surface area contributed by atoms with Crippen molar-refractivity contribution >= 4 is 5.91 Å². The van der Waals surface area contributed by atoms with E-state index in [2.05, 4.69) is 5.32 Å². The van der Waals surface area contributed by atoms with Gasteiger partial charge in [-0.1, -0.05) is 42.5 Å². The molecule has 8 heteroatoms. The van der Waals surface area contributed by atoms with Crippen LogP contribution in [-0.2, 0) is 19.0 Å². The molecule has 2 fully saturated rings. The molecule has 160 valence electrons. The fraction of sp³-hybridized carbons (Fsp3) is 0.409. The molecule has 2 saturated heterocycles. The second-order valence-corrected chi connectivity index (χ2v) is 7.21. The van der Waals surface area contributed by atoms with Crippen molar-refractivity contribution in [1.82, 2.24) is 5.32 Å². The number of fused-ring (bicyclic) bond motifs is 1. The molecule has 0 spiro atoms. The van der Waals surface area contributed by atoms with Gasteiger partial charge < -0.3 is 34.1 Å². The van der Waals surface area contributed by atoms with Crippen LogP contribution in [0.25, 0.3) is 0 Å². The number of carbonyl (C=O) groups excluding carboxylic acids is 1. The quantitative estimate of drug-likeness (QED) is 0.769. The highest BCUT2D eigenvalue weighted by Crippen LogP contribution is 2.36. The molecule has 0 aliphatic carbocycles. The van der Waals surface area contributed by atoms with Crippen molar-refractivity contribution in [2.24, 2.45) is 0 Å². The molecule has 6 atom stereocenters. The maximum Gasteiger partial charge on any atom is 0.223 e. The van der Waals surface area contributed by atoms with Gasteiger partial charge in [-0.15, -0.1) is 0 Å². The number of carbonyl (C=O) groups is 1. The van der Waals surface area contributed by atoms with Crippen LogP contribution in [0.15, 0.2) is 54.6 Å². The summed E-state index contributed by atoms with van der Waals surface area (Å²) in [5.41, 5.74) is 0.839. The number of aliphatic hydroxyl groups is 1. The van der Waals surface area contributed by atoms with E-state index in [1.54, 1.807) is 18.2 Å². The van der Waals surface area contributed by atoms with E-state index in [4.69, 9.17) is 23.7 Å². The molecule has 0 saturated carbocycles. The van der Waals surface area contributed by atoms with Gasteiger partial charge in [0.1, 0.15) is 24.4 Å². The van der Waals surface area contributed by atoms with E-state index in [1.165, 1.54) is 14.0 Å². The summed E-state index contributed by atoms with van der Waals surface area (Å²) in [7, 11) is 1.53. The Morgan fingerprint density at radius 3 is 2.47 bits per heavy atom. The SMILES string of the molecule is COc1ccccc1O[C@H]1O[C@@H]2CO[C@H](c3ccccc3)O[C@@H]2[C@H](O)[C@H]1NC(C)=O.